The average Bonchev–Trinajstić information content (AvgIpc) is 3.60. The van der Waals surface area contributed by atoms with E-state index in [9.17, 15) is 0 Å². The van der Waals surface area contributed by atoms with Crippen LogP contribution in [0.5, 0.6) is 0 Å². The molecule has 0 saturated carbocycles. The van der Waals surface area contributed by atoms with Crippen LogP contribution in [-0.2, 0) is 0 Å². The van der Waals surface area contributed by atoms with Crippen LogP contribution in [0.1, 0.15) is 0 Å². The minimum atomic E-state index is 0.690. The molecular weight excluding hydrogens is 621 g/mol. The van der Waals surface area contributed by atoms with Gasteiger partial charge in [0.2, 0.25) is 0 Å². The van der Waals surface area contributed by atoms with Crippen molar-refractivity contribution in [3.63, 3.8) is 0 Å². The van der Waals surface area contributed by atoms with Crippen molar-refractivity contribution in [2.45, 2.75) is 0 Å². The number of nitrogens with zero attached hydrogens (tertiary/aromatic N) is 2. The summed E-state index contributed by atoms with van der Waals surface area (Å²) < 4.78 is 6.49. The topological polar surface area (TPSA) is 38.9 Å². The van der Waals surface area contributed by atoms with Gasteiger partial charge in [-0.25, -0.2) is 9.97 Å². The second kappa shape index (κ2) is 11.9. The molecule has 0 fully saturated rings. The van der Waals surface area contributed by atoms with Gasteiger partial charge in [0.05, 0.1) is 11.4 Å². The van der Waals surface area contributed by atoms with E-state index in [1.54, 1.807) is 0 Å². The van der Waals surface area contributed by atoms with Crippen LogP contribution in [0.15, 0.2) is 186 Å². The van der Waals surface area contributed by atoms with Gasteiger partial charge in [-0.1, -0.05) is 170 Å². The first kappa shape index (κ1) is 29.1. The van der Waals surface area contributed by atoms with E-state index >= 15 is 0 Å². The van der Waals surface area contributed by atoms with Gasteiger partial charge in [0.15, 0.2) is 5.82 Å². The second-order valence-corrected chi connectivity index (χ2v) is 12.9. The van der Waals surface area contributed by atoms with Crippen LogP contribution in [0.2, 0.25) is 0 Å². The molecular formula is C48H30N2O. The molecule has 238 valence electrons. The van der Waals surface area contributed by atoms with E-state index < -0.39 is 0 Å². The molecule has 0 radical (unpaired) electrons. The number of hydrogen-bond acceptors (Lipinski definition) is 3. The number of fused-ring (bicyclic) bond motifs is 5. The molecule has 2 heterocycles. The molecule has 3 nitrogen and oxygen atoms in total. The first-order valence-corrected chi connectivity index (χ1v) is 17.2. The summed E-state index contributed by atoms with van der Waals surface area (Å²) in [4.78, 5) is 10.6. The minimum absolute atomic E-state index is 0.690. The molecule has 0 aliphatic heterocycles. The van der Waals surface area contributed by atoms with Crippen molar-refractivity contribution in [3.8, 4) is 56.2 Å². The van der Waals surface area contributed by atoms with E-state index in [4.69, 9.17) is 14.4 Å². The van der Waals surface area contributed by atoms with Crippen molar-refractivity contribution in [1.29, 1.82) is 0 Å². The predicted octanol–water partition coefficient (Wildman–Crippen LogP) is 13.0. The van der Waals surface area contributed by atoms with Crippen LogP contribution < -0.4 is 0 Å². The largest absolute Gasteiger partial charge is 0.455 e. The van der Waals surface area contributed by atoms with E-state index in [2.05, 4.69) is 152 Å². The zero-order chi connectivity index (χ0) is 33.7. The highest BCUT2D eigenvalue weighted by Gasteiger charge is 2.20. The van der Waals surface area contributed by atoms with Crippen molar-refractivity contribution < 1.29 is 4.42 Å². The SMILES string of the molecule is c1ccc(-c2nc(-c3c(-c4ccccc4)ccc4ccccc34)cc(-c3ccc(-c4cccc5c4oc4ccccc45)c4ccccc34)n2)cc1. The lowest BCUT2D eigenvalue weighted by Crippen LogP contribution is -1.98. The standard InChI is InChI=1S/C48H30N2O/c1-3-14-31(15-4-1)35-27-26-32-16-7-8-19-34(32)46(35)44-30-43(49-48(50-44)33-17-5-2-6-18-33)39-29-28-38(36-20-9-10-21-37(36)39)41-23-13-24-42-40-22-11-12-25-45(40)51-47(41)42/h1-30H. The molecule has 0 bridgehead atoms. The number of furan rings is 1. The Morgan fingerprint density at radius 3 is 1.75 bits per heavy atom. The molecule has 0 spiro atoms. The zero-order valence-corrected chi connectivity index (χ0v) is 27.6. The summed E-state index contributed by atoms with van der Waals surface area (Å²) in [7, 11) is 0. The van der Waals surface area contributed by atoms with Crippen LogP contribution in [-0.4, -0.2) is 9.97 Å². The van der Waals surface area contributed by atoms with Gasteiger partial charge in [0.25, 0.3) is 0 Å². The lowest BCUT2D eigenvalue weighted by molar-refractivity contribution is 0.670. The molecule has 0 aliphatic carbocycles. The Bertz CT molecular complexity index is 2910. The summed E-state index contributed by atoms with van der Waals surface area (Å²) in [6.45, 7) is 0. The Morgan fingerprint density at radius 1 is 0.353 bits per heavy atom. The normalized spacial score (nSPS) is 11.5. The molecule has 2 aromatic heterocycles. The number of rotatable bonds is 5. The van der Waals surface area contributed by atoms with Crippen LogP contribution in [0.3, 0.4) is 0 Å². The van der Waals surface area contributed by atoms with E-state index in [0.29, 0.717) is 5.82 Å². The molecule has 0 amide bonds. The summed E-state index contributed by atoms with van der Waals surface area (Å²) in [6.07, 6.45) is 0. The monoisotopic (exact) mass is 650 g/mol. The highest BCUT2D eigenvalue weighted by molar-refractivity contribution is 6.14. The highest BCUT2D eigenvalue weighted by Crippen LogP contribution is 2.43. The Labute approximate surface area is 295 Å². The van der Waals surface area contributed by atoms with E-state index in [1.807, 2.05) is 30.3 Å². The van der Waals surface area contributed by atoms with Gasteiger partial charge in [-0.15, -0.1) is 0 Å². The maximum atomic E-state index is 6.49. The van der Waals surface area contributed by atoms with Crippen molar-refractivity contribution in [2.75, 3.05) is 0 Å². The van der Waals surface area contributed by atoms with E-state index in [-0.39, 0.29) is 0 Å². The molecule has 51 heavy (non-hydrogen) atoms. The highest BCUT2D eigenvalue weighted by atomic mass is 16.3. The summed E-state index contributed by atoms with van der Waals surface area (Å²) >= 11 is 0. The van der Waals surface area contributed by atoms with E-state index in [0.717, 1.165) is 88.4 Å². The summed E-state index contributed by atoms with van der Waals surface area (Å²) in [5, 5.41) is 6.83. The third-order valence-corrected chi connectivity index (χ3v) is 9.92. The van der Waals surface area contributed by atoms with Crippen molar-refractivity contribution in [2.24, 2.45) is 0 Å². The van der Waals surface area contributed by atoms with Gasteiger partial charge in [-0.2, -0.15) is 0 Å². The van der Waals surface area contributed by atoms with Gasteiger partial charge in [-0.05, 0) is 50.4 Å². The lowest BCUT2D eigenvalue weighted by Gasteiger charge is -2.17. The average molecular weight is 651 g/mol. The van der Waals surface area contributed by atoms with Crippen LogP contribution in [0, 0.1) is 0 Å². The Balaban J connectivity index is 1.24. The van der Waals surface area contributed by atoms with Gasteiger partial charge < -0.3 is 4.42 Å². The third-order valence-electron chi connectivity index (χ3n) is 9.92. The fraction of sp³-hybridized carbons (Fsp3) is 0. The van der Waals surface area contributed by atoms with Gasteiger partial charge in [-0.3, -0.25) is 0 Å². The first-order valence-electron chi connectivity index (χ1n) is 17.2. The van der Waals surface area contributed by atoms with Crippen LogP contribution >= 0.6 is 0 Å². The minimum Gasteiger partial charge on any atom is -0.455 e. The zero-order valence-electron chi connectivity index (χ0n) is 27.6. The van der Waals surface area contributed by atoms with Crippen molar-refractivity contribution in [3.05, 3.63) is 182 Å². The van der Waals surface area contributed by atoms with Crippen LogP contribution in [0.25, 0.3) is 99.6 Å². The van der Waals surface area contributed by atoms with Gasteiger partial charge >= 0.3 is 0 Å². The van der Waals surface area contributed by atoms with Crippen LogP contribution in [0.4, 0.5) is 0 Å². The molecule has 0 saturated heterocycles. The maximum Gasteiger partial charge on any atom is 0.160 e. The fourth-order valence-electron chi connectivity index (χ4n) is 7.55. The van der Waals surface area contributed by atoms with Gasteiger partial charge in [0, 0.05) is 33.0 Å². The summed E-state index contributed by atoms with van der Waals surface area (Å²) in [5.41, 5.74) is 11.1. The van der Waals surface area contributed by atoms with Crippen molar-refractivity contribution >= 4 is 43.5 Å². The Kier molecular flexibility index (Phi) is 6.81. The quantitative estimate of drug-likeness (QED) is 0.186. The molecule has 0 unspecified atom stereocenters. The van der Waals surface area contributed by atoms with E-state index in [1.165, 1.54) is 5.39 Å². The fourth-order valence-corrected chi connectivity index (χ4v) is 7.55. The molecule has 10 rings (SSSR count). The lowest BCUT2D eigenvalue weighted by atomic mass is 9.90. The molecule has 3 heteroatoms. The number of hydrogen-bond donors (Lipinski definition) is 0. The molecule has 0 N–H and O–H groups in total. The third kappa shape index (κ3) is 4.90. The molecule has 10 aromatic rings. The second-order valence-electron chi connectivity index (χ2n) is 12.9. The first-order chi connectivity index (χ1) is 25.3. The summed E-state index contributed by atoms with van der Waals surface area (Å²) in [5.74, 6) is 0.690. The van der Waals surface area contributed by atoms with Crippen molar-refractivity contribution in [1.82, 2.24) is 9.97 Å². The Hall–Kier alpha value is -6.84. The number of aromatic nitrogens is 2. The maximum absolute atomic E-state index is 6.49. The predicted molar refractivity (Wildman–Crippen MR) is 212 cm³/mol. The number of benzene rings is 8. The smallest absolute Gasteiger partial charge is 0.160 e. The summed E-state index contributed by atoms with van der Waals surface area (Å²) in [6, 6.07) is 63.8. The Morgan fingerprint density at radius 2 is 0.941 bits per heavy atom. The molecule has 0 atom stereocenters. The molecule has 0 aliphatic rings. The molecule has 8 aromatic carbocycles. The van der Waals surface area contributed by atoms with Gasteiger partial charge in [0.1, 0.15) is 11.2 Å². The number of para-hydroxylation sites is 2.